The number of nitrogens with one attached hydrogen (secondary N) is 1. The van der Waals surface area contributed by atoms with E-state index in [0.29, 0.717) is 11.9 Å². The Morgan fingerprint density at radius 1 is 1.39 bits per heavy atom. The van der Waals surface area contributed by atoms with E-state index in [0.717, 1.165) is 38.3 Å². The van der Waals surface area contributed by atoms with Crippen LogP contribution >= 0.6 is 0 Å². The molecular weight excluding hydrogens is 224 g/mol. The molecule has 0 aromatic carbocycles. The predicted octanol–water partition coefficient (Wildman–Crippen LogP) is 2.80. The maximum Gasteiger partial charge on any atom is 0.222 e. The summed E-state index contributed by atoms with van der Waals surface area (Å²) < 4.78 is 0. The molecule has 1 heterocycles. The molecule has 1 rings (SSSR count). The van der Waals surface area contributed by atoms with Crippen molar-refractivity contribution in [2.75, 3.05) is 20.1 Å². The van der Waals surface area contributed by atoms with E-state index >= 15 is 0 Å². The minimum absolute atomic E-state index is 0.378. The van der Waals surface area contributed by atoms with Gasteiger partial charge in [-0.3, -0.25) is 4.79 Å². The molecule has 0 aliphatic carbocycles. The summed E-state index contributed by atoms with van der Waals surface area (Å²) in [5.74, 6) is 1.14. The second-order valence-corrected chi connectivity index (χ2v) is 5.52. The van der Waals surface area contributed by atoms with Crippen LogP contribution in [-0.4, -0.2) is 37.0 Å². The maximum atomic E-state index is 12.0. The molecule has 3 heteroatoms. The van der Waals surface area contributed by atoms with Gasteiger partial charge in [-0.2, -0.15) is 0 Å². The van der Waals surface area contributed by atoms with Gasteiger partial charge in [0.05, 0.1) is 0 Å². The van der Waals surface area contributed by atoms with Crippen molar-refractivity contribution in [1.29, 1.82) is 0 Å². The van der Waals surface area contributed by atoms with Gasteiger partial charge in [0.15, 0.2) is 0 Å². The first-order chi connectivity index (χ1) is 8.71. The Morgan fingerprint density at radius 2 is 2.17 bits per heavy atom. The number of nitrogens with zero attached hydrogens (tertiary/aromatic N) is 1. The van der Waals surface area contributed by atoms with Gasteiger partial charge in [0.2, 0.25) is 5.91 Å². The van der Waals surface area contributed by atoms with Crippen molar-refractivity contribution in [1.82, 2.24) is 10.2 Å². The van der Waals surface area contributed by atoms with Crippen LogP contribution in [0.4, 0.5) is 0 Å². The van der Waals surface area contributed by atoms with Crippen molar-refractivity contribution in [3.05, 3.63) is 0 Å². The summed E-state index contributed by atoms with van der Waals surface area (Å²) in [7, 11) is 2.02. The van der Waals surface area contributed by atoms with Crippen LogP contribution in [0.2, 0.25) is 0 Å². The second kappa shape index (κ2) is 8.52. The minimum atomic E-state index is 0.378. The number of carbonyl (C=O) groups excluding carboxylic acids is 1. The minimum Gasteiger partial charge on any atom is -0.343 e. The molecule has 106 valence electrons. The number of hydrogen-bond acceptors (Lipinski definition) is 2. The summed E-state index contributed by atoms with van der Waals surface area (Å²) in [6, 6.07) is 0.607. The van der Waals surface area contributed by atoms with Crippen LogP contribution in [0, 0.1) is 5.92 Å². The zero-order valence-corrected chi connectivity index (χ0v) is 12.4. The molecule has 3 nitrogen and oxygen atoms in total. The Labute approximate surface area is 112 Å². The van der Waals surface area contributed by atoms with E-state index < -0.39 is 0 Å². The monoisotopic (exact) mass is 254 g/mol. The Morgan fingerprint density at radius 3 is 2.78 bits per heavy atom. The van der Waals surface area contributed by atoms with Crippen molar-refractivity contribution < 1.29 is 4.79 Å². The SMILES string of the molecule is CCC1CCC(=O)N(CCCC(CC)NC)CC1. The molecule has 2 unspecified atom stereocenters. The first-order valence-electron chi connectivity index (χ1n) is 7.66. The summed E-state index contributed by atoms with van der Waals surface area (Å²) in [6.07, 6.45) is 7.75. The zero-order chi connectivity index (χ0) is 13.4. The van der Waals surface area contributed by atoms with Crippen LogP contribution in [0.25, 0.3) is 0 Å². The Balaban J connectivity index is 2.30. The van der Waals surface area contributed by atoms with Gasteiger partial charge in [-0.05, 0) is 45.1 Å². The predicted molar refractivity (Wildman–Crippen MR) is 76.6 cm³/mol. The Hall–Kier alpha value is -0.570. The molecule has 18 heavy (non-hydrogen) atoms. The van der Waals surface area contributed by atoms with Gasteiger partial charge < -0.3 is 10.2 Å². The van der Waals surface area contributed by atoms with Gasteiger partial charge >= 0.3 is 0 Å². The van der Waals surface area contributed by atoms with Gasteiger partial charge in [0, 0.05) is 25.6 Å². The number of hydrogen-bond donors (Lipinski definition) is 1. The number of likely N-dealkylation sites (tertiary alicyclic amines) is 1. The highest BCUT2D eigenvalue weighted by Gasteiger charge is 2.21. The Kier molecular flexibility index (Phi) is 7.33. The van der Waals surface area contributed by atoms with Crippen LogP contribution in [0.1, 0.15) is 58.8 Å². The van der Waals surface area contributed by atoms with E-state index in [1.54, 1.807) is 0 Å². The van der Waals surface area contributed by atoms with Crippen LogP contribution in [0.3, 0.4) is 0 Å². The molecule has 0 aromatic rings. The van der Waals surface area contributed by atoms with Gasteiger partial charge in [0.25, 0.3) is 0 Å². The van der Waals surface area contributed by atoms with E-state index in [-0.39, 0.29) is 0 Å². The average molecular weight is 254 g/mol. The summed E-state index contributed by atoms with van der Waals surface area (Å²) in [6.45, 7) is 6.38. The number of rotatable bonds is 7. The molecule has 0 radical (unpaired) electrons. The van der Waals surface area contributed by atoms with E-state index in [4.69, 9.17) is 0 Å². The summed E-state index contributed by atoms with van der Waals surface area (Å²) >= 11 is 0. The molecule has 1 N–H and O–H groups in total. The lowest BCUT2D eigenvalue weighted by atomic mass is 9.98. The fraction of sp³-hybridized carbons (Fsp3) is 0.933. The molecule has 1 aliphatic heterocycles. The molecule has 1 amide bonds. The van der Waals surface area contributed by atoms with Crippen LogP contribution in [0.5, 0.6) is 0 Å². The maximum absolute atomic E-state index is 12.0. The quantitative estimate of drug-likeness (QED) is 0.757. The highest BCUT2D eigenvalue weighted by molar-refractivity contribution is 5.76. The van der Waals surface area contributed by atoms with Crippen molar-refractivity contribution in [2.24, 2.45) is 5.92 Å². The van der Waals surface area contributed by atoms with E-state index in [1.165, 1.54) is 25.7 Å². The summed E-state index contributed by atoms with van der Waals surface area (Å²) in [5, 5.41) is 3.33. The van der Waals surface area contributed by atoms with Crippen LogP contribution in [0.15, 0.2) is 0 Å². The first kappa shape index (κ1) is 15.5. The van der Waals surface area contributed by atoms with E-state index in [9.17, 15) is 4.79 Å². The van der Waals surface area contributed by atoms with E-state index in [1.807, 2.05) is 7.05 Å². The lowest BCUT2D eigenvalue weighted by Crippen LogP contribution is -2.33. The lowest BCUT2D eigenvalue weighted by molar-refractivity contribution is -0.130. The van der Waals surface area contributed by atoms with Crippen LogP contribution < -0.4 is 5.32 Å². The standard InChI is InChI=1S/C15H30N2O/c1-4-13-8-9-15(18)17(12-10-13)11-6-7-14(5-2)16-3/h13-14,16H,4-12H2,1-3H3. The fourth-order valence-electron chi connectivity index (χ4n) is 2.82. The smallest absolute Gasteiger partial charge is 0.222 e. The van der Waals surface area contributed by atoms with Crippen molar-refractivity contribution in [2.45, 2.75) is 64.8 Å². The third-order valence-electron chi connectivity index (χ3n) is 4.39. The van der Waals surface area contributed by atoms with Crippen molar-refractivity contribution >= 4 is 5.91 Å². The average Bonchev–Trinajstić information content (AvgIpc) is 2.57. The van der Waals surface area contributed by atoms with Gasteiger partial charge in [0.1, 0.15) is 0 Å². The fourth-order valence-corrected chi connectivity index (χ4v) is 2.82. The van der Waals surface area contributed by atoms with Gasteiger partial charge in [-0.1, -0.05) is 20.3 Å². The van der Waals surface area contributed by atoms with Gasteiger partial charge in [-0.25, -0.2) is 0 Å². The van der Waals surface area contributed by atoms with Crippen LogP contribution in [-0.2, 0) is 4.79 Å². The first-order valence-corrected chi connectivity index (χ1v) is 7.66. The molecular formula is C15H30N2O. The molecule has 0 spiro atoms. The number of carbonyl (C=O) groups is 1. The molecule has 0 bridgehead atoms. The molecule has 1 fully saturated rings. The van der Waals surface area contributed by atoms with Crippen molar-refractivity contribution in [3.63, 3.8) is 0 Å². The normalized spacial score (nSPS) is 22.9. The third-order valence-corrected chi connectivity index (χ3v) is 4.39. The largest absolute Gasteiger partial charge is 0.343 e. The topological polar surface area (TPSA) is 32.3 Å². The lowest BCUT2D eigenvalue weighted by Gasteiger charge is -2.22. The molecule has 0 aromatic heterocycles. The highest BCUT2D eigenvalue weighted by atomic mass is 16.2. The molecule has 2 atom stereocenters. The van der Waals surface area contributed by atoms with E-state index in [2.05, 4.69) is 24.1 Å². The van der Waals surface area contributed by atoms with Gasteiger partial charge in [-0.15, -0.1) is 0 Å². The zero-order valence-electron chi connectivity index (χ0n) is 12.4. The number of amides is 1. The highest BCUT2D eigenvalue weighted by Crippen LogP contribution is 2.21. The summed E-state index contributed by atoms with van der Waals surface area (Å²) in [5.41, 5.74) is 0. The molecule has 0 saturated carbocycles. The Bertz CT molecular complexity index is 239. The van der Waals surface area contributed by atoms with Crippen molar-refractivity contribution in [3.8, 4) is 0 Å². The second-order valence-electron chi connectivity index (χ2n) is 5.52. The summed E-state index contributed by atoms with van der Waals surface area (Å²) in [4.78, 5) is 14.1. The third kappa shape index (κ3) is 4.97. The molecule has 1 aliphatic rings. The molecule has 1 saturated heterocycles.